The largest absolute Gasteiger partial charge is 0.496 e. The van der Waals surface area contributed by atoms with Gasteiger partial charge in [0, 0.05) is 29.1 Å². The van der Waals surface area contributed by atoms with Gasteiger partial charge in [-0.15, -0.1) is 0 Å². The van der Waals surface area contributed by atoms with Crippen molar-refractivity contribution in [3.05, 3.63) is 66.2 Å². The van der Waals surface area contributed by atoms with Gasteiger partial charge in [0.1, 0.15) is 17.4 Å². The number of nitrogens with zero attached hydrogens (tertiary/aromatic N) is 2. The van der Waals surface area contributed by atoms with Crippen LogP contribution in [0.1, 0.15) is 12.5 Å². The third-order valence-corrected chi connectivity index (χ3v) is 4.14. The first kappa shape index (κ1) is 19.1. The lowest BCUT2D eigenvalue weighted by atomic mass is 10.1. The van der Waals surface area contributed by atoms with Crippen LogP contribution in [-0.4, -0.2) is 34.1 Å². The van der Waals surface area contributed by atoms with E-state index in [1.807, 2.05) is 6.07 Å². The molecule has 1 aromatic heterocycles. The molecule has 0 aliphatic heterocycles. The standard InChI is InChI=1S/C20H20FN5O2/c1-13(22)26(12-14-4-3-5-16(21)8-14)20(27)25-17-6-7-18(19(9-17)28-2)15-10-23-24-11-15/h3-11,22H,12H2,1-2H3,(H,23,24)(H,25,27). The summed E-state index contributed by atoms with van der Waals surface area (Å²) >= 11 is 0. The van der Waals surface area contributed by atoms with Crippen molar-refractivity contribution < 1.29 is 13.9 Å². The van der Waals surface area contributed by atoms with Crippen molar-refractivity contribution in [1.29, 1.82) is 5.41 Å². The number of aromatic nitrogens is 2. The number of urea groups is 1. The Bertz CT molecular complexity index is 988. The number of hydrogen-bond donors (Lipinski definition) is 3. The van der Waals surface area contributed by atoms with Gasteiger partial charge in [-0.1, -0.05) is 12.1 Å². The van der Waals surface area contributed by atoms with E-state index in [0.717, 1.165) is 11.1 Å². The number of halogens is 1. The van der Waals surface area contributed by atoms with E-state index in [1.165, 1.54) is 24.0 Å². The second-order valence-electron chi connectivity index (χ2n) is 6.13. The number of nitrogens with one attached hydrogen (secondary N) is 3. The Kier molecular flexibility index (Phi) is 5.69. The summed E-state index contributed by atoms with van der Waals surface area (Å²) in [6.45, 7) is 1.59. The Hall–Kier alpha value is -3.68. The van der Waals surface area contributed by atoms with E-state index in [2.05, 4.69) is 15.5 Å². The second kappa shape index (κ2) is 8.34. The number of carbonyl (C=O) groups excluding carboxylic acids is 1. The average molecular weight is 381 g/mol. The molecule has 0 bridgehead atoms. The van der Waals surface area contributed by atoms with E-state index < -0.39 is 6.03 Å². The van der Waals surface area contributed by atoms with E-state index in [0.29, 0.717) is 17.0 Å². The van der Waals surface area contributed by atoms with Crippen LogP contribution in [-0.2, 0) is 6.54 Å². The highest BCUT2D eigenvalue weighted by Crippen LogP contribution is 2.32. The Labute approximate surface area is 161 Å². The third-order valence-electron chi connectivity index (χ3n) is 4.14. The minimum atomic E-state index is -0.491. The summed E-state index contributed by atoms with van der Waals surface area (Å²) in [6.07, 6.45) is 3.42. The van der Waals surface area contributed by atoms with Crippen molar-refractivity contribution in [1.82, 2.24) is 15.1 Å². The topological polar surface area (TPSA) is 94.1 Å². The lowest BCUT2D eigenvalue weighted by Gasteiger charge is -2.22. The number of H-pyrrole nitrogens is 1. The van der Waals surface area contributed by atoms with Crippen molar-refractivity contribution in [3.63, 3.8) is 0 Å². The van der Waals surface area contributed by atoms with E-state index in [4.69, 9.17) is 10.1 Å². The molecule has 0 saturated heterocycles. The molecular weight excluding hydrogens is 361 g/mol. The van der Waals surface area contributed by atoms with Gasteiger partial charge in [0.2, 0.25) is 0 Å². The highest BCUT2D eigenvalue weighted by molar-refractivity contribution is 6.01. The summed E-state index contributed by atoms with van der Waals surface area (Å²) in [6, 6.07) is 10.7. The summed E-state index contributed by atoms with van der Waals surface area (Å²) in [5, 5.41) is 17.3. The number of aromatic amines is 1. The predicted octanol–water partition coefficient (Wildman–Crippen LogP) is 4.26. The van der Waals surface area contributed by atoms with Crippen LogP contribution in [0.4, 0.5) is 14.9 Å². The van der Waals surface area contributed by atoms with Crippen LogP contribution >= 0.6 is 0 Å². The predicted molar refractivity (Wildman–Crippen MR) is 105 cm³/mol. The monoisotopic (exact) mass is 381 g/mol. The lowest BCUT2D eigenvalue weighted by Crippen LogP contribution is -2.37. The maximum absolute atomic E-state index is 13.4. The zero-order valence-corrected chi connectivity index (χ0v) is 15.5. The van der Waals surface area contributed by atoms with Gasteiger partial charge in [0.25, 0.3) is 0 Å². The maximum Gasteiger partial charge on any atom is 0.327 e. The first-order valence-electron chi connectivity index (χ1n) is 8.53. The van der Waals surface area contributed by atoms with E-state index >= 15 is 0 Å². The second-order valence-corrected chi connectivity index (χ2v) is 6.13. The third kappa shape index (κ3) is 4.35. The fourth-order valence-electron chi connectivity index (χ4n) is 2.76. The molecule has 0 aliphatic rings. The number of ether oxygens (including phenoxy) is 1. The zero-order valence-electron chi connectivity index (χ0n) is 15.5. The molecule has 0 fully saturated rings. The summed E-state index contributed by atoms with van der Waals surface area (Å²) in [5.41, 5.74) is 2.79. The number of hydrogen-bond acceptors (Lipinski definition) is 4. The summed E-state index contributed by atoms with van der Waals surface area (Å²) < 4.78 is 18.8. The fraction of sp³-hybridized carbons (Fsp3) is 0.150. The number of carbonyl (C=O) groups is 1. The number of methoxy groups -OCH3 is 1. The molecule has 0 unspecified atom stereocenters. The molecule has 0 atom stereocenters. The molecular formula is C20H20FN5O2. The molecule has 8 heteroatoms. The van der Waals surface area contributed by atoms with Crippen LogP contribution in [0.25, 0.3) is 11.1 Å². The molecule has 3 aromatic rings. The average Bonchev–Trinajstić information content (AvgIpc) is 3.20. The minimum Gasteiger partial charge on any atom is -0.496 e. The normalized spacial score (nSPS) is 10.4. The summed E-state index contributed by atoms with van der Waals surface area (Å²) in [5.74, 6) is 0.228. The Morgan fingerprint density at radius 3 is 2.79 bits per heavy atom. The van der Waals surface area contributed by atoms with Crippen molar-refractivity contribution in [3.8, 4) is 16.9 Å². The number of amides is 2. The smallest absolute Gasteiger partial charge is 0.327 e. The van der Waals surface area contributed by atoms with Gasteiger partial charge < -0.3 is 10.1 Å². The summed E-state index contributed by atoms with van der Waals surface area (Å²) in [7, 11) is 1.54. The van der Waals surface area contributed by atoms with Crippen LogP contribution in [0.2, 0.25) is 0 Å². The number of anilines is 1. The lowest BCUT2D eigenvalue weighted by molar-refractivity contribution is 0.232. The van der Waals surface area contributed by atoms with Gasteiger partial charge in [0.05, 0.1) is 19.9 Å². The molecule has 1 heterocycles. The molecule has 28 heavy (non-hydrogen) atoms. The van der Waals surface area contributed by atoms with Gasteiger partial charge in [-0.2, -0.15) is 5.10 Å². The van der Waals surface area contributed by atoms with Crippen LogP contribution in [0.5, 0.6) is 5.75 Å². The number of benzene rings is 2. The summed E-state index contributed by atoms with van der Waals surface area (Å²) in [4.78, 5) is 13.9. The zero-order chi connectivity index (χ0) is 20.1. The molecule has 3 N–H and O–H groups in total. The maximum atomic E-state index is 13.4. The number of amidine groups is 1. The van der Waals surface area contributed by atoms with Crippen LogP contribution in [0, 0.1) is 11.2 Å². The van der Waals surface area contributed by atoms with Crippen molar-refractivity contribution in [2.24, 2.45) is 0 Å². The van der Waals surface area contributed by atoms with E-state index in [9.17, 15) is 9.18 Å². The van der Waals surface area contributed by atoms with E-state index in [1.54, 1.807) is 43.8 Å². The van der Waals surface area contributed by atoms with Crippen LogP contribution in [0.3, 0.4) is 0 Å². The molecule has 144 valence electrons. The quantitative estimate of drug-likeness (QED) is 0.455. The molecule has 0 radical (unpaired) electrons. The molecule has 3 rings (SSSR count). The van der Waals surface area contributed by atoms with Crippen LogP contribution in [0.15, 0.2) is 54.9 Å². The van der Waals surface area contributed by atoms with Crippen molar-refractivity contribution in [2.75, 3.05) is 12.4 Å². The minimum absolute atomic E-state index is 0.0451. The highest BCUT2D eigenvalue weighted by Gasteiger charge is 2.17. The first-order valence-corrected chi connectivity index (χ1v) is 8.53. The van der Waals surface area contributed by atoms with Crippen molar-refractivity contribution >= 4 is 17.6 Å². The van der Waals surface area contributed by atoms with Gasteiger partial charge in [-0.05, 0) is 36.8 Å². The molecule has 2 aromatic carbocycles. The molecule has 2 amide bonds. The molecule has 0 aliphatic carbocycles. The van der Waals surface area contributed by atoms with Gasteiger partial charge in [-0.25, -0.2) is 9.18 Å². The number of rotatable bonds is 5. The Morgan fingerprint density at radius 1 is 1.32 bits per heavy atom. The molecule has 0 saturated carbocycles. The fourth-order valence-corrected chi connectivity index (χ4v) is 2.76. The van der Waals surface area contributed by atoms with Gasteiger partial charge >= 0.3 is 6.03 Å². The van der Waals surface area contributed by atoms with E-state index in [-0.39, 0.29) is 18.2 Å². The Morgan fingerprint density at radius 2 is 2.14 bits per heavy atom. The Balaban J connectivity index is 1.79. The molecule has 7 nitrogen and oxygen atoms in total. The molecule has 0 spiro atoms. The van der Waals surface area contributed by atoms with Crippen molar-refractivity contribution in [2.45, 2.75) is 13.5 Å². The van der Waals surface area contributed by atoms with Gasteiger partial charge in [0.15, 0.2) is 0 Å². The highest BCUT2D eigenvalue weighted by atomic mass is 19.1. The van der Waals surface area contributed by atoms with Gasteiger partial charge in [-0.3, -0.25) is 15.4 Å². The SMILES string of the molecule is COc1cc(NC(=O)N(Cc2cccc(F)c2)C(C)=N)ccc1-c1cn[nH]c1. The van der Waals surface area contributed by atoms with Crippen LogP contribution < -0.4 is 10.1 Å². The first-order chi connectivity index (χ1) is 13.5.